The molecule has 0 aromatic heterocycles. The zero-order valence-corrected chi connectivity index (χ0v) is 9.26. The van der Waals surface area contributed by atoms with E-state index in [2.05, 4.69) is 24.0 Å². The van der Waals surface area contributed by atoms with E-state index >= 15 is 0 Å². The molecular weight excluding hydrogens is 186 g/mol. The lowest BCUT2D eigenvalue weighted by molar-refractivity contribution is 0.118. The molecule has 1 aromatic rings. The number of hydrogen-bond acceptors (Lipinski definition) is 2. The molecular formula is C13H19NO. The maximum atomic E-state index is 9.52. The Morgan fingerprint density at radius 1 is 1.40 bits per heavy atom. The van der Waals surface area contributed by atoms with Gasteiger partial charge < -0.3 is 5.11 Å². The number of rotatable bonds is 3. The van der Waals surface area contributed by atoms with Crippen molar-refractivity contribution < 1.29 is 5.11 Å². The van der Waals surface area contributed by atoms with Crippen LogP contribution in [0.15, 0.2) is 30.3 Å². The van der Waals surface area contributed by atoms with Crippen LogP contribution in [-0.4, -0.2) is 29.2 Å². The molecule has 1 N–H and O–H groups in total. The Labute approximate surface area is 91.5 Å². The first kappa shape index (κ1) is 10.7. The van der Waals surface area contributed by atoms with Gasteiger partial charge in [0.2, 0.25) is 0 Å². The summed E-state index contributed by atoms with van der Waals surface area (Å²) in [4.78, 5) is 2.41. The highest BCUT2D eigenvalue weighted by Crippen LogP contribution is 2.28. The zero-order valence-electron chi connectivity index (χ0n) is 9.26. The molecule has 0 aliphatic carbocycles. The predicted octanol–water partition coefficient (Wildman–Crippen LogP) is 2.20. The average molecular weight is 205 g/mol. The van der Waals surface area contributed by atoms with Crippen molar-refractivity contribution in [3.05, 3.63) is 35.9 Å². The van der Waals surface area contributed by atoms with Gasteiger partial charge in [-0.15, -0.1) is 0 Å². The van der Waals surface area contributed by atoms with Crippen LogP contribution in [0.4, 0.5) is 0 Å². The molecule has 0 unspecified atom stereocenters. The van der Waals surface area contributed by atoms with Crippen molar-refractivity contribution in [1.82, 2.24) is 4.90 Å². The molecule has 1 aliphatic rings. The number of nitrogens with zero attached hydrogens (tertiary/aromatic N) is 1. The van der Waals surface area contributed by atoms with E-state index in [0.29, 0.717) is 6.04 Å². The molecule has 1 aromatic carbocycles. The van der Waals surface area contributed by atoms with Crippen LogP contribution in [0.1, 0.15) is 31.4 Å². The van der Waals surface area contributed by atoms with Crippen molar-refractivity contribution in [3.8, 4) is 0 Å². The van der Waals surface area contributed by atoms with Crippen molar-refractivity contribution in [1.29, 1.82) is 0 Å². The molecule has 15 heavy (non-hydrogen) atoms. The predicted molar refractivity (Wildman–Crippen MR) is 61.7 cm³/mol. The number of likely N-dealkylation sites (tertiary alicyclic amines) is 1. The highest BCUT2D eigenvalue weighted by atomic mass is 16.3. The van der Waals surface area contributed by atoms with Crippen LogP contribution in [0.2, 0.25) is 0 Å². The number of hydrogen-bond donors (Lipinski definition) is 1. The smallest absolute Gasteiger partial charge is 0.0628 e. The van der Waals surface area contributed by atoms with E-state index in [1.165, 1.54) is 18.4 Å². The first-order valence-electron chi connectivity index (χ1n) is 5.74. The van der Waals surface area contributed by atoms with Gasteiger partial charge in [0.15, 0.2) is 0 Å². The first-order chi connectivity index (χ1) is 7.33. The van der Waals surface area contributed by atoms with E-state index in [-0.39, 0.29) is 12.6 Å². The van der Waals surface area contributed by atoms with Crippen LogP contribution >= 0.6 is 0 Å². The Kier molecular flexibility index (Phi) is 3.39. The Hall–Kier alpha value is -0.860. The van der Waals surface area contributed by atoms with Gasteiger partial charge in [-0.25, -0.2) is 0 Å². The molecule has 0 amide bonds. The Morgan fingerprint density at radius 2 is 2.13 bits per heavy atom. The zero-order chi connectivity index (χ0) is 10.7. The lowest BCUT2D eigenvalue weighted by Crippen LogP contribution is -2.33. The Bertz CT molecular complexity index is 299. The number of benzene rings is 1. The molecule has 82 valence electrons. The second-order valence-electron chi connectivity index (χ2n) is 4.34. The van der Waals surface area contributed by atoms with Gasteiger partial charge >= 0.3 is 0 Å². The van der Waals surface area contributed by atoms with Gasteiger partial charge in [0.05, 0.1) is 12.6 Å². The van der Waals surface area contributed by atoms with Gasteiger partial charge in [-0.2, -0.15) is 0 Å². The summed E-state index contributed by atoms with van der Waals surface area (Å²) in [6.07, 6.45) is 2.51. The fourth-order valence-electron chi connectivity index (χ4n) is 2.50. The summed E-state index contributed by atoms with van der Waals surface area (Å²) in [6, 6.07) is 11.1. The van der Waals surface area contributed by atoms with Crippen molar-refractivity contribution in [2.45, 2.75) is 31.8 Å². The maximum Gasteiger partial charge on any atom is 0.0628 e. The summed E-state index contributed by atoms with van der Waals surface area (Å²) in [5.41, 5.74) is 1.23. The minimum absolute atomic E-state index is 0.184. The van der Waals surface area contributed by atoms with Crippen LogP contribution in [-0.2, 0) is 0 Å². The summed E-state index contributed by atoms with van der Waals surface area (Å²) in [5, 5.41) is 9.52. The molecule has 1 heterocycles. The van der Waals surface area contributed by atoms with E-state index in [1.54, 1.807) is 0 Å². The van der Waals surface area contributed by atoms with E-state index in [0.717, 1.165) is 6.54 Å². The molecule has 1 saturated heterocycles. The minimum Gasteiger partial charge on any atom is -0.394 e. The number of aliphatic hydroxyl groups excluding tert-OH is 1. The minimum atomic E-state index is 0.184. The van der Waals surface area contributed by atoms with Crippen LogP contribution < -0.4 is 0 Å². The van der Waals surface area contributed by atoms with E-state index in [1.807, 2.05) is 18.2 Å². The summed E-state index contributed by atoms with van der Waals surface area (Å²) in [6.45, 7) is 3.58. The normalized spacial score (nSPS) is 24.3. The van der Waals surface area contributed by atoms with Crippen LogP contribution in [0, 0.1) is 0 Å². The number of aliphatic hydroxyl groups is 1. The van der Waals surface area contributed by atoms with E-state index in [9.17, 15) is 5.11 Å². The first-order valence-corrected chi connectivity index (χ1v) is 5.74. The van der Waals surface area contributed by atoms with Crippen molar-refractivity contribution in [2.24, 2.45) is 0 Å². The quantitative estimate of drug-likeness (QED) is 0.817. The molecule has 1 fully saturated rings. The van der Waals surface area contributed by atoms with Gasteiger partial charge in [-0.3, -0.25) is 4.90 Å². The van der Waals surface area contributed by atoms with E-state index < -0.39 is 0 Å². The third-order valence-corrected chi connectivity index (χ3v) is 3.36. The standard InChI is InChI=1S/C13H19NO/c1-11-6-5-9-14(11)13(10-15)12-7-3-2-4-8-12/h2-4,7-8,11,13,15H,5-6,9-10H2,1H3/t11-,13+/m1/s1. The van der Waals surface area contributed by atoms with Crippen molar-refractivity contribution in [2.75, 3.05) is 13.2 Å². The van der Waals surface area contributed by atoms with Crippen molar-refractivity contribution in [3.63, 3.8) is 0 Å². The lowest BCUT2D eigenvalue weighted by Gasteiger charge is -2.30. The summed E-state index contributed by atoms with van der Waals surface area (Å²) < 4.78 is 0. The highest BCUT2D eigenvalue weighted by Gasteiger charge is 2.27. The van der Waals surface area contributed by atoms with Crippen LogP contribution in [0.25, 0.3) is 0 Å². The van der Waals surface area contributed by atoms with Gasteiger partial charge in [0.1, 0.15) is 0 Å². The van der Waals surface area contributed by atoms with E-state index in [4.69, 9.17) is 0 Å². The lowest BCUT2D eigenvalue weighted by atomic mass is 10.1. The fraction of sp³-hybridized carbons (Fsp3) is 0.538. The third-order valence-electron chi connectivity index (χ3n) is 3.36. The monoisotopic (exact) mass is 205 g/mol. The third kappa shape index (κ3) is 2.21. The molecule has 0 spiro atoms. The molecule has 2 rings (SSSR count). The highest BCUT2D eigenvalue weighted by molar-refractivity contribution is 5.19. The fourth-order valence-corrected chi connectivity index (χ4v) is 2.50. The molecule has 2 atom stereocenters. The topological polar surface area (TPSA) is 23.5 Å². The Balaban J connectivity index is 2.17. The molecule has 0 bridgehead atoms. The average Bonchev–Trinajstić information content (AvgIpc) is 2.68. The maximum absolute atomic E-state index is 9.52. The SMILES string of the molecule is C[C@@H]1CCCN1[C@@H](CO)c1ccccc1. The van der Waals surface area contributed by atoms with Gasteiger partial charge in [-0.1, -0.05) is 30.3 Å². The molecule has 1 aliphatic heterocycles. The molecule has 2 heteroatoms. The largest absolute Gasteiger partial charge is 0.394 e. The van der Waals surface area contributed by atoms with Gasteiger partial charge in [-0.05, 0) is 31.9 Å². The van der Waals surface area contributed by atoms with Gasteiger partial charge in [0, 0.05) is 6.04 Å². The van der Waals surface area contributed by atoms with Crippen LogP contribution in [0.5, 0.6) is 0 Å². The van der Waals surface area contributed by atoms with Gasteiger partial charge in [0.25, 0.3) is 0 Å². The Morgan fingerprint density at radius 3 is 2.67 bits per heavy atom. The molecule has 0 saturated carbocycles. The van der Waals surface area contributed by atoms with Crippen LogP contribution in [0.3, 0.4) is 0 Å². The summed E-state index contributed by atoms with van der Waals surface area (Å²) >= 11 is 0. The van der Waals surface area contributed by atoms with Crippen molar-refractivity contribution >= 4 is 0 Å². The molecule has 0 radical (unpaired) electrons. The second-order valence-corrected chi connectivity index (χ2v) is 4.34. The molecule has 2 nitrogen and oxygen atoms in total. The second kappa shape index (κ2) is 4.77. The summed E-state index contributed by atoms with van der Waals surface area (Å²) in [5.74, 6) is 0. The summed E-state index contributed by atoms with van der Waals surface area (Å²) in [7, 11) is 0.